The van der Waals surface area contributed by atoms with E-state index in [4.69, 9.17) is 5.73 Å². The van der Waals surface area contributed by atoms with Crippen molar-refractivity contribution in [3.63, 3.8) is 0 Å². The lowest BCUT2D eigenvalue weighted by Crippen LogP contribution is -2.31. The number of hydrogen-bond donors (Lipinski definition) is 2. The lowest BCUT2D eigenvalue weighted by atomic mass is 10.0. The lowest BCUT2D eigenvalue weighted by Gasteiger charge is -2.20. The summed E-state index contributed by atoms with van der Waals surface area (Å²) in [5.74, 6) is 1.56. The van der Waals surface area contributed by atoms with Crippen molar-refractivity contribution < 1.29 is 0 Å². The number of nitrogens with two attached hydrogens (primary N) is 1. The van der Waals surface area contributed by atoms with E-state index in [9.17, 15) is 0 Å². The van der Waals surface area contributed by atoms with E-state index in [2.05, 4.69) is 41.8 Å². The third-order valence-corrected chi connectivity index (χ3v) is 3.56. The summed E-state index contributed by atoms with van der Waals surface area (Å²) in [6, 6.07) is 8.40. The van der Waals surface area contributed by atoms with Gasteiger partial charge in [0.05, 0.1) is 17.6 Å². The van der Waals surface area contributed by atoms with Gasteiger partial charge < -0.3 is 10.7 Å². The minimum Gasteiger partial charge on any atom is -0.341 e. The fourth-order valence-corrected chi connectivity index (χ4v) is 2.12. The van der Waals surface area contributed by atoms with Gasteiger partial charge in [-0.25, -0.2) is 4.98 Å². The molecule has 0 aliphatic carbocycles. The van der Waals surface area contributed by atoms with E-state index in [1.165, 1.54) is 0 Å². The zero-order chi connectivity index (χ0) is 13.8. The first-order valence-electron chi connectivity index (χ1n) is 6.94. The fraction of sp³-hybridized carbons (Fsp3) is 0.533. The van der Waals surface area contributed by atoms with Crippen LogP contribution in [0.3, 0.4) is 0 Å². The van der Waals surface area contributed by atoms with Gasteiger partial charge in [0.15, 0.2) is 0 Å². The summed E-state index contributed by atoms with van der Waals surface area (Å²) in [4.78, 5) is 10.2. The van der Waals surface area contributed by atoms with Crippen LogP contribution in [0.5, 0.6) is 0 Å². The molecule has 1 unspecified atom stereocenters. The quantitative estimate of drug-likeness (QED) is 0.838. The van der Waals surface area contributed by atoms with Crippen LogP contribution in [0.15, 0.2) is 24.3 Å². The highest BCUT2D eigenvalue weighted by Crippen LogP contribution is 2.11. The molecule has 1 aromatic carbocycles. The molecule has 1 aromatic heterocycles. The van der Waals surface area contributed by atoms with Crippen LogP contribution in [-0.2, 0) is 6.54 Å². The van der Waals surface area contributed by atoms with Crippen LogP contribution < -0.4 is 5.73 Å². The van der Waals surface area contributed by atoms with Gasteiger partial charge in [-0.1, -0.05) is 26.0 Å². The van der Waals surface area contributed by atoms with Gasteiger partial charge in [0.2, 0.25) is 0 Å². The SMILES string of the molecule is CC(C)C(N)CCN(C)Cc1nc2ccccc2[nH]1. The van der Waals surface area contributed by atoms with Crippen LogP contribution >= 0.6 is 0 Å². The van der Waals surface area contributed by atoms with Crippen molar-refractivity contribution in [3.8, 4) is 0 Å². The number of aromatic nitrogens is 2. The van der Waals surface area contributed by atoms with Gasteiger partial charge in [0.1, 0.15) is 5.82 Å². The first-order valence-corrected chi connectivity index (χ1v) is 6.94. The van der Waals surface area contributed by atoms with Crippen molar-refractivity contribution in [2.75, 3.05) is 13.6 Å². The predicted octanol–water partition coefficient (Wildman–Crippen LogP) is 2.37. The molecule has 4 heteroatoms. The largest absolute Gasteiger partial charge is 0.341 e. The van der Waals surface area contributed by atoms with E-state index in [1.807, 2.05) is 18.2 Å². The number of nitrogens with zero attached hydrogens (tertiary/aromatic N) is 2. The van der Waals surface area contributed by atoms with Crippen LogP contribution in [-0.4, -0.2) is 34.5 Å². The zero-order valence-corrected chi connectivity index (χ0v) is 12.1. The van der Waals surface area contributed by atoms with Crippen molar-refractivity contribution in [1.29, 1.82) is 0 Å². The van der Waals surface area contributed by atoms with E-state index in [0.29, 0.717) is 5.92 Å². The monoisotopic (exact) mass is 260 g/mol. The normalized spacial score (nSPS) is 13.6. The van der Waals surface area contributed by atoms with E-state index >= 15 is 0 Å². The number of imidazole rings is 1. The first kappa shape index (κ1) is 14.0. The Morgan fingerprint density at radius 3 is 2.74 bits per heavy atom. The highest BCUT2D eigenvalue weighted by molar-refractivity contribution is 5.74. The first-order chi connectivity index (χ1) is 9.06. The Kier molecular flexibility index (Phi) is 4.56. The molecule has 19 heavy (non-hydrogen) atoms. The Morgan fingerprint density at radius 1 is 1.32 bits per heavy atom. The highest BCUT2D eigenvalue weighted by Gasteiger charge is 2.10. The van der Waals surface area contributed by atoms with Gasteiger partial charge in [-0.3, -0.25) is 4.90 Å². The van der Waals surface area contributed by atoms with Gasteiger partial charge in [-0.2, -0.15) is 0 Å². The van der Waals surface area contributed by atoms with Gasteiger partial charge in [0, 0.05) is 6.04 Å². The van der Waals surface area contributed by atoms with Gasteiger partial charge in [-0.15, -0.1) is 0 Å². The van der Waals surface area contributed by atoms with Crippen molar-refractivity contribution in [3.05, 3.63) is 30.1 Å². The molecule has 1 atom stereocenters. The molecule has 0 saturated carbocycles. The Hall–Kier alpha value is -1.39. The molecule has 0 aliphatic heterocycles. The predicted molar refractivity (Wildman–Crippen MR) is 79.9 cm³/mol. The maximum absolute atomic E-state index is 6.07. The van der Waals surface area contributed by atoms with Crippen LogP contribution in [0.4, 0.5) is 0 Å². The molecule has 1 heterocycles. The molecular weight excluding hydrogens is 236 g/mol. The summed E-state index contributed by atoms with van der Waals surface area (Å²) in [6.07, 6.45) is 1.02. The van der Waals surface area contributed by atoms with Gasteiger partial charge in [0.25, 0.3) is 0 Å². The number of hydrogen-bond acceptors (Lipinski definition) is 3. The highest BCUT2D eigenvalue weighted by atomic mass is 15.1. The Bertz CT molecular complexity index is 485. The van der Waals surface area contributed by atoms with Crippen LogP contribution in [0.1, 0.15) is 26.1 Å². The smallest absolute Gasteiger partial charge is 0.121 e. The molecule has 2 aromatic rings. The molecule has 4 nitrogen and oxygen atoms in total. The van der Waals surface area contributed by atoms with Crippen molar-refractivity contribution >= 4 is 11.0 Å². The molecule has 3 N–H and O–H groups in total. The van der Waals surface area contributed by atoms with Crippen LogP contribution in [0.25, 0.3) is 11.0 Å². The van der Waals surface area contributed by atoms with Crippen molar-refractivity contribution in [2.24, 2.45) is 11.7 Å². The molecule has 2 rings (SSSR count). The lowest BCUT2D eigenvalue weighted by molar-refractivity contribution is 0.291. The number of H-pyrrole nitrogens is 1. The number of rotatable bonds is 6. The Morgan fingerprint density at radius 2 is 2.05 bits per heavy atom. The average Bonchev–Trinajstić information content (AvgIpc) is 2.77. The maximum atomic E-state index is 6.07. The molecular formula is C15H24N4. The third-order valence-electron chi connectivity index (χ3n) is 3.56. The molecule has 0 amide bonds. The van der Waals surface area contributed by atoms with Gasteiger partial charge in [-0.05, 0) is 38.1 Å². The maximum Gasteiger partial charge on any atom is 0.121 e. The second-order valence-corrected chi connectivity index (χ2v) is 5.63. The number of fused-ring (bicyclic) bond motifs is 1. The number of benzene rings is 1. The van der Waals surface area contributed by atoms with Crippen LogP contribution in [0, 0.1) is 5.92 Å². The second kappa shape index (κ2) is 6.17. The molecule has 0 radical (unpaired) electrons. The van der Waals surface area contributed by atoms with E-state index in [-0.39, 0.29) is 6.04 Å². The van der Waals surface area contributed by atoms with E-state index in [0.717, 1.165) is 36.4 Å². The third kappa shape index (κ3) is 3.78. The van der Waals surface area contributed by atoms with E-state index < -0.39 is 0 Å². The number of nitrogens with one attached hydrogen (secondary N) is 1. The molecule has 0 aliphatic rings. The van der Waals surface area contributed by atoms with Crippen molar-refractivity contribution in [2.45, 2.75) is 32.9 Å². The Labute approximate surface area is 115 Å². The average molecular weight is 260 g/mol. The summed E-state index contributed by atoms with van der Waals surface area (Å²) in [6.45, 7) is 6.17. The molecule has 0 saturated heterocycles. The number of para-hydroxylation sites is 2. The molecule has 104 valence electrons. The standard InChI is InChI=1S/C15H24N4/c1-11(2)12(16)8-9-19(3)10-15-17-13-6-4-5-7-14(13)18-15/h4-7,11-12H,8-10,16H2,1-3H3,(H,17,18). The summed E-state index contributed by atoms with van der Waals surface area (Å²) in [5.41, 5.74) is 8.20. The van der Waals surface area contributed by atoms with Gasteiger partial charge >= 0.3 is 0 Å². The second-order valence-electron chi connectivity index (χ2n) is 5.63. The summed E-state index contributed by atoms with van der Waals surface area (Å²) >= 11 is 0. The number of aromatic amines is 1. The van der Waals surface area contributed by atoms with Crippen molar-refractivity contribution in [1.82, 2.24) is 14.9 Å². The summed E-state index contributed by atoms with van der Waals surface area (Å²) in [7, 11) is 2.11. The van der Waals surface area contributed by atoms with E-state index in [1.54, 1.807) is 0 Å². The summed E-state index contributed by atoms with van der Waals surface area (Å²) in [5, 5.41) is 0. The summed E-state index contributed by atoms with van der Waals surface area (Å²) < 4.78 is 0. The molecule has 0 bridgehead atoms. The fourth-order valence-electron chi connectivity index (χ4n) is 2.12. The minimum atomic E-state index is 0.276. The van der Waals surface area contributed by atoms with Crippen LogP contribution in [0.2, 0.25) is 0 Å². The topological polar surface area (TPSA) is 57.9 Å². The minimum absolute atomic E-state index is 0.276. The zero-order valence-electron chi connectivity index (χ0n) is 12.1. The molecule has 0 spiro atoms. The molecule has 0 fully saturated rings. The Balaban J connectivity index is 1.89.